The van der Waals surface area contributed by atoms with Crippen molar-refractivity contribution in [3.8, 4) is 0 Å². The van der Waals surface area contributed by atoms with E-state index in [2.05, 4.69) is 25.8 Å². The van der Waals surface area contributed by atoms with Crippen LogP contribution in [-0.2, 0) is 18.3 Å². The van der Waals surface area contributed by atoms with Crippen LogP contribution in [0, 0.1) is 0 Å². The highest BCUT2D eigenvalue weighted by atomic mass is 32.2. The number of nitrogens with zero attached hydrogens (tertiary/aromatic N) is 7. The second-order valence-electron chi connectivity index (χ2n) is 7.04. The second-order valence-corrected chi connectivity index (χ2v) is 8.98. The lowest BCUT2D eigenvalue weighted by atomic mass is 10.2. The van der Waals surface area contributed by atoms with Crippen molar-refractivity contribution >= 4 is 34.0 Å². The van der Waals surface area contributed by atoms with Crippen LogP contribution in [-0.4, -0.2) is 78.0 Å². The molecule has 0 radical (unpaired) electrons. The first-order valence-electron chi connectivity index (χ1n) is 9.48. The Morgan fingerprint density at radius 2 is 2.17 bits per heavy atom. The molecule has 4 heterocycles. The quantitative estimate of drug-likeness (QED) is 0.433. The van der Waals surface area contributed by atoms with Crippen molar-refractivity contribution in [2.24, 2.45) is 7.05 Å². The van der Waals surface area contributed by atoms with Gasteiger partial charge in [-0.3, -0.25) is 9.20 Å². The van der Waals surface area contributed by atoms with E-state index in [1.54, 1.807) is 16.4 Å². The van der Waals surface area contributed by atoms with E-state index in [-0.39, 0.29) is 18.1 Å². The van der Waals surface area contributed by atoms with Crippen molar-refractivity contribution in [2.75, 3.05) is 25.4 Å². The average molecular weight is 437 g/mol. The van der Waals surface area contributed by atoms with E-state index in [1.807, 2.05) is 41.8 Å². The number of thioether (sulfide) groups is 1. The fourth-order valence-corrected chi connectivity index (χ4v) is 4.91. The Hall–Kier alpha value is -2.02. The zero-order valence-electron chi connectivity index (χ0n) is 16.6. The van der Waals surface area contributed by atoms with Gasteiger partial charge in [-0.15, -0.1) is 16.4 Å². The number of amides is 1. The van der Waals surface area contributed by atoms with Crippen molar-refractivity contribution in [1.82, 2.24) is 39.8 Å². The molecule has 29 heavy (non-hydrogen) atoms. The van der Waals surface area contributed by atoms with E-state index >= 15 is 0 Å². The molecule has 4 rings (SSSR count). The minimum absolute atomic E-state index is 0.0279. The monoisotopic (exact) mass is 436 g/mol. The molecule has 12 heteroatoms. The number of aromatic nitrogens is 6. The van der Waals surface area contributed by atoms with E-state index in [9.17, 15) is 4.79 Å². The van der Waals surface area contributed by atoms with Gasteiger partial charge in [0.05, 0.1) is 17.9 Å². The number of carbonyl (C=O) groups is 1. The van der Waals surface area contributed by atoms with Crippen molar-refractivity contribution in [1.29, 1.82) is 0 Å². The molecular weight excluding hydrogens is 412 g/mol. The topological polar surface area (TPSA) is 102 Å². The van der Waals surface area contributed by atoms with E-state index in [1.165, 1.54) is 11.3 Å². The summed E-state index contributed by atoms with van der Waals surface area (Å²) in [4.78, 5) is 20.5. The van der Waals surface area contributed by atoms with E-state index in [0.717, 1.165) is 28.1 Å². The van der Waals surface area contributed by atoms with Crippen LogP contribution in [0.3, 0.4) is 0 Å². The van der Waals surface area contributed by atoms with Crippen molar-refractivity contribution in [2.45, 2.75) is 37.8 Å². The third kappa shape index (κ3) is 4.44. The van der Waals surface area contributed by atoms with Gasteiger partial charge in [0.1, 0.15) is 0 Å². The molecule has 1 fully saturated rings. The molecule has 1 aliphatic heterocycles. The minimum atomic E-state index is -0.0285. The van der Waals surface area contributed by atoms with Crippen LogP contribution in [0.4, 0.5) is 0 Å². The first kappa shape index (κ1) is 20.3. The summed E-state index contributed by atoms with van der Waals surface area (Å²) in [6, 6.07) is 0. The van der Waals surface area contributed by atoms with Crippen LogP contribution in [0.5, 0.6) is 0 Å². The fraction of sp³-hybridized carbons (Fsp3) is 0.588. The number of carbonyl (C=O) groups excluding carboxylic acids is 1. The zero-order valence-corrected chi connectivity index (χ0v) is 18.2. The van der Waals surface area contributed by atoms with Crippen LogP contribution in [0.25, 0.3) is 4.96 Å². The number of nitrogens with one attached hydrogen (secondary N) is 1. The summed E-state index contributed by atoms with van der Waals surface area (Å²) in [5.41, 5.74) is 1.42. The van der Waals surface area contributed by atoms with Crippen LogP contribution >= 0.6 is 23.1 Å². The lowest BCUT2D eigenvalue weighted by molar-refractivity contribution is -0.0587. The van der Waals surface area contributed by atoms with E-state index in [4.69, 9.17) is 4.74 Å². The Balaban J connectivity index is 1.42. The molecule has 3 aromatic rings. The summed E-state index contributed by atoms with van der Waals surface area (Å²) in [6.07, 6.45) is 2.02. The van der Waals surface area contributed by atoms with Crippen molar-refractivity contribution < 1.29 is 9.53 Å². The van der Waals surface area contributed by atoms with Crippen LogP contribution in [0.1, 0.15) is 30.0 Å². The number of hydrogen-bond donors (Lipinski definition) is 1. The number of fused-ring (bicyclic) bond motifs is 1. The molecule has 156 valence electrons. The molecule has 0 aromatic carbocycles. The van der Waals surface area contributed by atoms with Gasteiger partial charge in [-0.05, 0) is 24.3 Å². The second kappa shape index (κ2) is 8.78. The number of tetrazole rings is 1. The Morgan fingerprint density at radius 3 is 2.90 bits per heavy atom. The zero-order chi connectivity index (χ0) is 20.4. The molecule has 3 aromatic heterocycles. The number of imidazole rings is 1. The van der Waals surface area contributed by atoms with E-state index in [0.29, 0.717) is 25.3 Å². The summed E-state index contributed by atoms with van der Waals surface area (Å²) in [6.45, 7) is 6.48. The highest BCUT2D eigenvalue weighted by Gasteiger charge is 2.30. The molecule has 0 aliphatic carbocycles. The summed E-state index contributed by atoms with van der Waals surface area (Å²) in [5.74, 6) is 0.793. The number of thiazole rings is 1. The molecule has 1 saturated heterocycles. The number of rotatable bonds is 7. The van der Waals surface area contributed by atoms with Gasteiger partial charge in [-0.25, -0.2) is 9.67 Å². The van der Waals surface area contributed by atoms with Crippen molar-refractivity contribution in [3.05, 3.63) is 23.0 Å². The normalized spacial score (nSPS) is 19.9. The van der Waals surface area contributed by atoms with Gasteiger partial charge in [0.2, 0.25) is 5.16 Å². The Morgan fingerprint density at radius 1 is 1.38 bits per heavy atom. The Labute approximate surface area is 176 Å². The van der Waals surface area contributed by atoms with Gasteiger partial charge in [-0.2, -0.15) is 0 Å². The summed E-state index contributed by atoms with van der Waals surface area (Å²) in [5, 5.41) is 17.6. The number of morpholine rings is 1. The average Bonchev–Trinajstić information content (AvgIpc) is 3.37. The molecule has 10 nitrogen and oxygen atoms in total. The summed E-state index contributed by atoms with van der Waals surface area (Å²) >= 11 is 3.12. The first-order valence-corrected chi connectivity index (χ1v) is 11.3. The summed E-state index contributed by atoms with van der Waals surface area (Å²) < 4.78 is 9.41. The lowest BCUT2D eigenvalue weighted by Crippen LogP contribution is -2.48. The van der Waals surface area contributed by atoms with Gasteiger partial charge in [0, 0.05) is 50.6 Å². The molecule has 0 unspecified atom stereocenters. The maximum Gasteiger partial charge on any atom is 0.274 e. The molecule has 1 N–H and O–H groups in total. The molecular formula is C17H24N8O2S2. The first-order chi connectivity index (χ1) is 14.0. The molecule has 1 amide bonds. The maximum absolute atomic E-state index is 13.2. The van der Waals surface area contributed by atoms with Gasteiger partial charge >= 0.3 is 0 Å². The molecule has 0 bridgehead atoms. The molecule has 1 aliphatic rings. The molecule has 0 saturated carbocycles. The van der Waals surface area contributed by atoms with Gasteiger partial charge in [0.15, 0.2) is 10.7 Å². The third-order valence-electron chi connectivity index (χ3n) is 4.65. The van der Waals surface area contributed by atoms with Gasteiger partial charge in [-0.1, -0.05) is 11.8 Å². The number of hydrogen-bond acceptors (Lipinski definition) is 9. The molecule has 2 atom stereocenters. The lowest BCUT2D eigenvalue weighted by Gasteiger charge is -2.35. The largest absolute Gasteiger partial charge is 0.372 e. The number of ether oxygens (including phenoxy) is 1. The third-order valence-corrected chi connectivity index (χ3v) is 6.42. The standard InChI is InChI=1S/C17H24N8O2S2/c1-11-9-24(10-12(2)27-11)15(26)14-13(25-5-7-29-16(25)19-14)8-18-4-6-28-17-20-21-22-23(17)3/h5,7,11-12,18H,4,6,8-10H2,1-3H3/t11-,12+. The van der Waals surface area contributed by atoms with Crippen LogP contribution in [0.15, 0.2) is 16.7 Å². The maximum atomic E-state index is 13.2. The van der Waals surface area contributed by atoms with Gasteiger partial charge in [0.25, 0.3) is 5.91 Å². The predicted octanol–water partition coefficient (Wildman–Crippen LogP) is 1.05. The molecule has 0 spiro atoms. The Bertz CT molecular complexity index is 973. The van der Waals surface area contributed by atoms with Crippen molar-refractivity contribution in [3.63, 3.8) is 0 Å². The summed E-state index contributed by atoms with van der Waals surface area (Å²) in [7, 11) is 1.82. The highest BCUT2D eigenvalue weighted by Crippen LogP contribution is 2.21. The van der Waals surface area contributed by atoms with Crippen LogP contribution < -0.4 is 5.32 Å². The Kier molecular flexibility index (Phi) is 6.13. The predicted molar refractivity (Wildman–Crippen MR) is 110 cm³/mol. The van der Waals surface area contributed by atoms with Crippen LogP contribution in [0.2, 0.25) is 0 Å². The highest BCUT2D eigenvalue weighted by molar-refractivity contribution is 7.99. The fourth-order valence-electron chi connectivity index (χ4n) is 3.43. The van der Waals surface area contributed by atoms with E-state index < -0.39 is 0 Å². The smallest absolute Gasteiger partial charge is 0.274 e. The number of aryl methyl sites for hydroxylation is 1. The SMILES string of the molecule is C[C@@H]1CN(C(=O)c2nc3sccn3c2CNCCSc2nnnn2C)C[C@H](C)O1. The van der Waals surface area contributed by atoms with Gasteiger partial charge < -0.3 is 15.0 Å². The minimum Gasteiger partial charge on any atom is -0.372 e.